The van der Waals surface area contributed by atoms with E-state index in [0.29, 0.717) is 64.2 Å². The van der Waals surface area contributed by atoms with Crippen LogP contribution in [0.25, 0.3) is 0 Å². The van der Waals surface area contributed by atoms with E-state index in [2.05, 4.69) is 87.1 Å². The number of carbonyl (C=O) groups is 7. The van der Waals surface area contributed by atoms with Crippen LogP contribution in [0, 0.1) is 0 Å². The Morgan fingerprint density at radius 3 is 0.954 bits per heavy atom. The Hall–Kier alpha value is -3.89. The first-order chi connectivity index (χ1) is 52.8. The molecule has 0 aromatic heterocycles. The Morgan fingerprint density at radius 2 is 0.624 bits per heavy atom. The van der Waals surface area contributed by atoms with Crippen LogP contribution in [0.1, 0.15) is 382 Å². The molecule has 0 aliphatic carbocycles. The van der Waals surface area contributed by atoms with Gasteiger partial charge in [-0.3, -0.25) is 46.9 Å². The maximum absolute atomic E-state index is 13.3. The summed E-state index contributed by atoms with van der Waals surface area (Å²) in [6, 6.07) is -2.75. The highest BCUT2D eigenvalue weighted by atomic mass is 31.2. The molecule has 6 atom stereocenters. The van der Waals surface area contributed by atoms with Crippen molar-refractivity contribution in [2.75, 3.05) is 65.9 Å². The Kier molecular flexibility index (Phi) is 74.0. The fourth-order valence-corrected chi connectivity index (χ4v) is 13.9. The van der Waals surface area contributed by atoms with Gasteiger partial charge in [0.25, 0.3) is 0 Å². The summed E-state index contributed by atoms with van der Waals surface area (Å²) in [5, 5.41) is 10.3. The molecule has 0 aliphatic rings. The van der Waals surface area contributed by atoms with E-state index in [9.17, 15) is 52.5 Å². The third-order valence-corrected chi connectivity index (χ3v) is 20.9. The van der Waals surface area contributed by atoms with Crippen LogP contribution in [0.15, 0.2) is 24.3 Å². The van der Waals surface area contributed by atoms with Crippen molar-refractivity contribution < 1.29 is 89.5 Å². The number of Topliss-reactive ketones (excluding diaryl/α,β-unsaturated/α-hetero) is 2. The predicted molar refractivity (Wildman–Crippen MR) is 437 cm³/mol. The second-order valence-electron chi connectivity index (χ2n) is 29.6. The number of phosphoric ester groups is 2. The van der Waals surface area contributed by atoms with Crippen molar-refractivity contribution in [3.63, 3.8) is 0 Å². The van der Waals surface area contributed by atoms with Gasteiger partial charge in [0.2, 0.25) is 11.8 Å². The second kappa shape index (κ2) is 76.7. The molecule has 109 heavy (non-hydrogen) atoms. The van der Waals surface area contributed by atoms with E-state index in [4.69, 9.17) is 37.0 Å². The highest BCUT2D eigenvalue weighted by Gasteiger charge is 2.28. The lowest BCUT2D eigenvalue weighted by Gasteiger charge is -2.22. The molecule has 6 unspecified atom stereocenters. The number of amides is 4. The number of nitrogens with one attached hydrogen (secondary N) is 4. The van der Waals surface area contributed by atoms with Crippen LogP contribution in [0.4, 0.5) is 4.79 Å². The number of allylic oxidation sites excluding steroid dienone is 4. The Balaban J connectivity index is 5.72. The van der Waals surface area contributed by atoms with E-state index >= 15 is 0 Å². The highest BCUT2D eigenvalue weighted by molar-refractivity contribution is 7.47. The van der Waals surface area contributed by atoms with Crippen molar-refractivity contribution in [3.8, 4) is 0 Å². The molecule has 0 bridgehead atoms. The zero-order chi connectivity index (χ0) is 80.2. The number of carbonyl (C=O) groups excluding carboxylic acids is 7. The van der Waals surface area contributed by atoms with Crippen LogP contribution < -0.4 is 21.3 Å². The standard InChI is InChI=1S/C84H158N4O19P2/c1-7-13-19-25-29-33-37-39-45-49-55-77(90)69-81(92)88-75(71-101-65-61-79(57-51-43-24-18-12-6)107-83(94)59-53-47-41-36-32-28-22-16-10-4)73-105-109(98,99)103-67-63-86-84(95)85-62-66-102-108(96,97)104-72-74(87-80(91)68-76(89)54-48-44-38-34-30-26-20-14-8-2)70-100-64-60-78(56-50-42-23-17-11-5)106-82(93)58-52-46-40-35-31-27-21-15-9-3/h35-36,40-41,74-75,78-79H,7-34,37-39,42-73H2,1-6H3,(H,87,91)(H,88,92)(H,96,97)(H,98,99)(H2,85,86,95). The van der Waals surface area contributed by atoms with Crippen LogP contribution >= 0.6 is 15.6 Å². The number of hydrogen-bond donors (Lipinski definition) is 6. The van der Waals surface area contributed by atoms with E-state index in [1.54, 1.807) is 0 Å². The minimum Gasteiger partial charge on any atom is -0.462 e. The van der Waals surface area contributed by atoms with Gasteiger partial charge in [-0.1, -0.05) is 265 Å². The zero-order valence-corrected chi connectivity index (χ0v) is 71.2. The van der Waals surface area contributed by atoms with E-state index < -0.39 is 84.2 Å². The number of unbranched alkanes of at least 4 members (excludes halogenated alkanes) is 35. The molecule has 0 spiro atoms. The predicted octanol–water partition coefficient (Wildman–Crippen LogP) is 20.4. The molecule has 23 nitrogen and oxygen atoms in total. The molecule has 4 amide bonds. The number of esters is 2. The fourth-order valence-electron chi connectivity index (χ4n) is 12.4. The van der Waals surface area contributed by atoms with E-state index in [1.165, 1.54) is 109 Å². The molecule has 0 aliphatic heterocycles. The average molecular weight is 1590 g/mol. The van der Waals surface area contributed by atoms with Gasteiger partial charge in [-0.25, -0.2) is 13.9 Å². The number of rotatable bonds is 83. The maximum Gasteiger partial charge on any atom is 0.472 e. The molecule has 0 fully saturated rings. The van der Waals surface area contributed by atoms with Crippen LogP contribution in [0.2, 0.25) is 0 Å². The van der Waals surface area contributed by atoms with E-state index in [-0.39, 0.29) is 88.7 Å². The number of phosphoric acid groups is 2. The molecule has 25 heteroatoms. The number of hydrogen-bond acceptors (Lipinski definition) is 17. The van der Waals surface area contributed by atoms with Crippen LogP contribution in [-0.4, -0.2) is 141 Å². The molecular weight excluding hydrogens is 1430 g/mol. The first-order valence-corrected chi connectivity index (χ1v) is 46.5. The van der Waals surface area contributed by atoms with Crippen molar-refractivity contribution in [2.24, 2.45) is 0 Å². The Morgan fingerprint density at radius 1 is 0.330 bits per heavy atom. The Labute approximate surface area is 661 Å². The first kappa shape index (κ1) is 105. The first-order valence-electron chi connectivity index (χ1n) is 43.5. The number of ketones is 2. The van der Waals surface area contributed by atoms with Crippen LogP contribution in [0.3, 0.4) is 0 Å². The quantitative estimate of drug-likeness (QED) is 0.0108. The summed E-state index contributed by atoms with van der Waals surface area (Å²) < 4.78 is 71.2. The summed E-state index contributed by atoms with van der Waals surface area (Å²) in [4.78, 5) is 113. The summed E-state index contributed by atoms with van der Waals surface area (Å²) >= 11 is 0. The summed E-state index contributed by atoms with van der Waals surface area (Å²) in [5.74, 6) is -2.18. The van der Waals surface area contributed by atoms with Gasteiger partial charge in [0, 0.05) is 51.6 Å². The van der Waals surface area contributed by atoms with Gasteiger partial charge in [0.1, 0.15) is 23.8 Å². The summed E-state index contributed by atoms with van der Waals surface area (Å²) in [6.45, 7) is 10.4. The van der Waals surface area contributed by atoms with Gasteiger partial charge in [0.05, 0.1) is 77.8 Å². The van der Waals surface area contributed by atoms with Gasteiger partial charge in [0.15, 0.2) is 0 Å². The summed E-state index contributed by atoms with van der Waals surface area (Å²) in [6.07, 6.45) is 56.1. The fraction of sp³-hybridized carbons (Fsp3) is 0.869. The number of ether oxygens (including phenoxy) is 4. The van der Waals surface area contributed by atoms with Gasteiger partial charge in [-0.05, 0) is 89.9 Å². The highest BCUT2D eigenvalue weighted by Crippen LogP contribution is 2.44. The molecule has 0 heterocycles. The lowest BCUT2D eigenvalue weighted by atomic mass is 10.0. The number of urea groups is 1. The smallest absolute Gasteiger partial charge is 0.462 e. The van der Waals surface area contributed by atoms with Crippen molar-refractivity contribution in [2.45, 2.75) is 406 Å². The van der Waals surface area contributed by atoms with Gasteiger partial charge in [-0.2, -0.15) is 0 Å². The van der Waals surface area contributed by atoms with Crippen molar-refractivity contribution in [1.29, 1.82) is 0 Å². The largest absolute Gasteiger partial charge is 0.472 e. The molecule has 6 N–H and O–H groups in total. The Bertz CT molecular complexity index is 2380. The molecule has 0 saturated carbocycles. The van der Waals surface area contributed by atoms with Gasteiger partial charge in [-0.15, -0.1) is 0 Å². The molecule has 0 aromatic rings. The van der Waals surface area contributed by atoms with Gasteiger partial charge >= 0.3 is 33.6 Å². The topological polar surface area (TPSA) is 316 Å². The van der Waals surface area contributed by atoms with Crippen molar-refractivity contribution in [3.05, 3.63) is 24.3 Å². The summed E-state index contributed by atoms with van der Waals surface area (Å²) in [7, 11) is -9.61. The maximum atomic E-state index is 13.3. The molecule has 638 valence electrons. The molecule has 0 rings (SSSR count). The van der Waals surface area contributed by atoms with Crippen molar-refractivity contribution >= 4 is 57.0 Å². The van der Waals surface area contributed by atoms with E-state index in [0.717, 1.165) is 141 Å². The van der Waals surface area contributed by atoms with E-state index in [1.807, 2.05) is 0 Å². The summed E-state index contributed by atoms with van der Waals surface area (Å²) in [5.41, 5.74) is 0. The lowest BCUT2D eigenvalue weighted by Crippen LogP contribution is -2.42. The third kappa shape index (κ3) is 74.0. The monoisotopic (exact) mass is 1590 g/mol. The third-order valence-electron chi connectivity index (χ3n) is 18.9. The second-order valence-corrected chi connectivity index (χ2v) is 32.5. The zero-order valence-electron chi connectivity index (χ0n) is 69.4. The van der Waals surface area contributed by atoms with Gasteiger partial charge < -0.3 is 50.0 Å². The molecule has 0 radical (unpaired) electrons. The molecule has 0 aromatic carbocycles. The normalized spacial score (nSPS) is 13.9. The lowest BCUT2D eigenvalue weighted by molar-refractivity contribution is -0.151. The molecular formula is C84H158N4O19P2. The molecule has 0 saturated heterocycles. The van der Waals surface area contributed by atoms with Crippen LogP contribution in [0.5, 0.6) is 0 Å². The SMILES string of the molecule is CCCCCCC=CCCCC(=O)OC(CCCCCCC)CCOCC(COP(=O)(O)OCCNC(=O)NCCOP(=O)(O)OCC(COCCC(CCCCCCC)OC(=O)CCCC=CCCCCCC)NC(=O)CC(=O)CCCCCCCCCCCC)NC(=O)CC(=O)CCCCCCCCCCC. The average Bonchev–Trinajstić information content (AvgIpc) is 0.913. The minimum atomic E-state index is -4.81. The van der Waals surface area contributed by atoms with Crippen LogP contribution in [-0.2, 0) is 74.9 Å². The van der Waals surface area contributed by atoms with Crippen molar-refractivity contribution in [1.82, 2.24) is 21.3 Å². The minimum absolute atomic E-state index is 0.140.